The van der Waals surface area contributed by atoms with E-state index in [2.05, 4.69) is 32.1 Å². The van der Waals surface area contributed by atoms with Gasteiger partial charge in [-0.25, -0.2) is 0 Å². The van der Waals surface area contributed by atoms with Crippen LogP contribution in [0.1, 0.15) is 34.1 Å². The quantitative estimate of drug-likeness (QED) is 0.790. The highest BCUT2D eigenvalue weighted by Gasteiger charge is 2.29. The molecule has 0 aromatic heterocycles. The predicted octanol–water partition coefficient (Wildman–Crippen LogP) is 3.50. The van der Waals surface area contributed by atoms with Gasteiger partial charge in [-0.3, -0.25) is 4.79 Å². The third kappa shape index (κ3) is 2.97. The van der Waals surface area contributed by atoms with E-state index in [1.807, 2.05) is 13.8 Å². The van der Waals surface area contributed by atoms with Crippen molar-refractivity contribution < 1.29 is 9.90 Å². The normalized spacial score (nSPS) is 22.4. The van der Waals surface area contributed by atoms with Gasteiger partial charge in [0.25, 0.3) is 0 Å². The summed E-state index contributed by atoms with van der Waals surface area (Å²) in [5.41, 5.74) is 1.32. The number of carbonyl (C=O) groups is 1. The van der Waals surface area contributed by atoms with Crippen molar-refractivity contribution in [2.75, 3.05) is 0 Å². The van der Waals surface area contributed by atoms with Crippen LogP contribution < -0.4 is 0 Å². The van der Waals surface area contributed by atoms with E-state index >= 15 is 0 Å². The number of hydrogen-bond donors (Lipinski definition) is 1. The molecule has 0 aromatic rings. The fourth-order valence-electron chi connectivity index (χ4n) is 2.31. The Bertz CT molecular complexity index is 311. The molecule has 0 aliphatic heterocycles. The van der Waals surface area contributed by atoms with E-state index in [9.17, 15) is 9.90 Å². The highest BCUT2D eigenvalue weighted by molar-refractivity contribution is 5.71. The summed E-state index contributed by atoms with van der Waals surface area (Å²) in [5, 5.41) is 9.22. The summed E-state index contributed by atoms with van der Waals surface area (Å²) >= 11 is 0. The Morgan fingerprint density at radius 1 is 1.38 bits per heavy atom. The average molecular weight is 222 g/mol. The zero-order valence-electron chi connectivity index (χ0n) is 10.6. The van der Waals surface area contributed by atoms with Gasteiger partial charge in [-0.05, 0) is 29.7 Å². The largest absolute Gasteiger partial charge is 0.481 e. The maximum Gasteiger partial charge on any atom is 0.307 e. The summed E-state index contributed by atoms with van der Waals surface area (Å²) in [5.74, 6) is -0.0760. The minimum atomic E-state index is -0.675. The lowest BCUT2D eigenvalue weighted by atomic mass is 9.78. The van der Waals surface area contributed by atoms with Gasteiger partial charge in [0, 0.05) is 0 Å². The Balaban J connectivity index is 2.73. The molecule has 0 aromatic carbocycles. The molecule has 16 heavy (non-hydrogen) atoms. The van der Waals surface area contributed by atoms with Crippen molar-refractivity contribution >= 4 is 5.97 Å². The molecule has 1 aliphatic rings. The van der Waals surface area contributed by atoms with Gasteiger partial charge in [0.2, 0.25) is 0 Å². The molecule has 2 heteroatoms. The van der Waals surface area contributed by atoms with Crippen LogP contribution >= 0.6 is 0 Å². The van der Waals surface area contributed by atoms with E-state index in [1.54, 1.807) is 0 Å². The number of carboxylic acid groups (broad SMARTS) is 1. The van der Waals surface area contributed by atoms with Gasteiger partial charge in [-0.2, -0.15) is 0 Å². The fourth-order valence-corrected chi connectivity index (χ4v) is 2.31. The molecule has 0 spiro atoms. The zero-order valence-corrected chi connectivity index (χ0v) is 10.6. The van der Waals surface area contributed by atoms with Crippen LogP contribution in [0.2, 0.25) is 0 Å². The third-order valence-electron chi connectivity index (χ3n) is 3.29. The average Bonchev–Trinajstić information content (AvgIpc) is 2.17. The van der Waals surface area contributed by atoms with Gasteiger partial charge >= 0.3 is 5.97 Å². The number of carboxylic acids is 1. The van der Waals surface area contributed by atoms with E-state index in [0.717, 1.165) is 6.42 Å². The molecule has 1 rings (SSSR count). The molecule has 2 nitrogen and oxygen atoms in total. The first kappa shape index (κ1) is 13.0. The molecule has 0 radical (unpaired) electrons. The summed E-state index contributed by atoms with van der Waals surface area (Å²) in [6, 6.07) is 0. The first-order chi connectivity index (χ1) is 7.43. The molecule has 1 N–H and O–H groups in total. The Labute approximate surface area is 98.1 Å². The standard InChI is InChI=1S/C14H22O2/c1-9(2)11-5-7-12(8-6-11)13(10(3)4)14(15)16/h5-7,9-10,12-13H,8H2,1-4H3,(H,15,16)/t12?,13-/m0/s1. The van der Waals surface area contributed by atoms with E-state index in [-0.39, 0.29) is 17.8 Å². The maximum atomic E-state index is 11.2. The minimum absolute atomic E-state index is 0.153. The van der Waals surface area contributed by atoms with Crippen molar-refractivity contribution in [2.24, 2.45) is 23.7 Å². The summed E-state index contributed by atoms with van der Waals surface area (Å²) in [6.07, 6.45) is 7.22. The van der Waals surface area contributed by atoms with Gasteiger partial charge in [0.05, 0.1) is 5.92 Å². The number of allylic oxidation sites excluding steroid dienone is 4. The minimum Gasteiger partial charge on any atom is -0.481 e. The van der Waals surface area contributed by atoms with Crippen molar-refractivity contribution in [2.45, 2.75) is 34.1 Å². The SMILES string of the molecule is CC(C)C1=CCC([C@@H](C(=O)O)C(C)C)C=C1. The van der Waals surface area contributed by atoms with Gasteiger partial charge in [0.15, 0.2) is 0 Å². The molecular formula is C14H22O2. The second kappa shape index (κ2) is 5.33. The van der Waals surface area contributed by atoms with Crippen molar-refractivity contribution in [3.8, 4) is 0 Å². The fraction of sp³-hybridized carbons (Fsp3) is 0.643. The van der Waals surface area contributed by atoms with Crippen molar-refractivity contribution in [1.82, 2.24) is 0 Å². The Morgan fingerprint density at radius 2 is 2.00 bits per heavy atom. The van der Waals surface area contributed by atoms with Crippen LogP contribution in [0.4, 0.5) is 0 Å². The molecule has 90 valence electrons. The van der Waals surface area contributed by atoms with Crippen LogP contribution in [-0.4, -0.2) is 11.1 Å². The summed E-state index contributed by atoms with van der Waals surface area (Å²) in [4.78, 5) is 11.2. The van der Waals surface area contributed by atoms with Crippen LogP contribution in [0.5, 0.6) is 0 Å². The van der Waals surface area contributed by atoms with Gasteiger partial charge in [-0.1, -0.05) is 45.9 Å². The van der Waals surface area contributed by atoms with Crippen LogP contribution in [0.15, 0.2) is 23.8 Å². The number of rotatable bonds is 4. The van der Waals surface area contributed by atoms with Crippen LogP contribution in [0, 0.1) is 23.7 Å². The van der Waals surface area contributed by atoms with Gasteiger partial charge < -0.3 is 5.11 Å². The van der Waals surface area contributed by atoms with Crippen molar-refractivity contribution in [3.05, 3.63) is 23.8 Å². The molecule has 2 atom stereocenters. The maximum absolute atomic E-state index is 11.2. The second-order valence-corrected chi connectivity index (χ2v) is 5.23. The molecule has 0 bridgehead atoms. The van der Waals surface area contributed by atoms with Crippen molar-refractivity contribution in [3.63, 3.8) is 0 Å². The van der Waals surface area contributed by atoms with Crippen LogP contribution in [-0.2, 0) is 4.79 Å². The zero-order chi connectivity index (χ0) is 12.3. The topological polar surface area (TPSA) is 37.3 Å². The Morgan fingerprint density at radius 3 is 2.31 bits per heavy atom. The van der Waals surface area contributed by atoms with Gasteiger partial charge in [0.1, 0.15) is 0 Å². The third-order valence-corrected chi connectivity index (χ3v) is 3.29. The molecule has 0 heterocycles. The van der Waals surface area contributed by atoms with Crippen molar-refractivity contribution in [1.29, 1.82) is 0 Å². The van der Waals surface area contributed by atoms with Gasteiger partial charge in [-0.15, -0.1) is 0 Å². The summed E-state index contributed by atoms with van der Waals surface area (Å²) < 4.78 is 0. The summed E-state index contributed by atoms with van der Waals surface area (Å²) in [7, 11) is 0. The number of aliphatic carboxylic acids is 1. The highest BCUT2D eigenvalue weighted by atomic mass is 16.4. The monoisotopic (exact) mass is 222 g/mol. The van der Waals surface area contributed by atoms with E-state index < -0.39 is 5.97 Å². The number of hydrogen-bond acceptors (Lipinski definition) is 1. The molecule has 0 fully saturated rings. The summed E-state index contributed by atoms with van der Waals surface area (Å²) in [6.45, 7) is 8.28. The van der Waals surface area contributed by atoms with Crippen LogP contribution in [0.25, 0.3) is 0 Å². The molecule has 0 amide bonds. The lowest BCUT2D eigenvalue weighted by molar-refractivity contribution is -0.144. The molecule has 0 saturated carbocycles. The Kier molecular flexibility index (Phi) is 4.34. The second-order valence-electron chi connectivity index (χ2n) is 5.23. The molecule has 1 aliphatic carbocycles. The smallest absolute Gasteiger partial charge is 0.307 e. The molecule has 0 saturated heterocycles. The lowest BCUT2D eigenvalue weighted by Crippen LogP contribution is -2.28. The van der Waals surface area contributed by atoms with E-state index in [4.69, 9.17) is 0 Å². The highest BCUT2D eigenvalue weighted by Crippen LogP contribution is 2.30. The Hall–Kier alpha value is -1.05. The lowest BCUT2D eigenvalue weighted by Gasteiger charge is -2.26. The first-order valence-electron chi connectivity index (χ1n) is 6.04. The van der Waals surface area contributed by atoms with E-state index in [0.29, 0.717) is 5.92 Å². The predicted molar refractivity (Wildman–Crippen MR) is 66.1 cm³/mol. The molecular weight excluding hydrogens is 200 g/mol. The molecule has 1 unspecified atom stereocenters. The first-order valence-corrected chi connectivity index (χ1v) is 6.04. The van der Waals surface area contributed by atoms with E-state index in [1.165, 1.54) is 5.57 Å². The van der Waals surface area contributed by atoms with Crippen LogP contribution in [0.3, 0.4) is 0 Å².